The van der Waals surface area contributed by atoms with Crippen LogP contribution in [0.3, 0.4) is 0 Å². The molecule has 4 nitrogen and oxygen atoms in total. The van der Waals surface area contributed by atoms with E-state index in [1.165, 1.54) is 0 Å². The molecule has 1 rings (SSSR count). The topological polar surface area (TPSA) is 63.6 Å². The van der Waals surface area contributed by atoms with Crippen molar-refractivity contribution >= 4 is 9.84 Å². The first-order valence-electron chi connectivity index (χ1n) is 6.44. The van der Waals surface area contributed by atoms with Gasteiger partial charge in [0.2, 0.25) is 0 Å². The molecule has 0 fully saturated rings. The van der Waals surface area contributed by atoms with Crippen LogP contribution in [0, 0.1) is 13.8 Å². The van der Waals surface area contributed by atoms with Gasteiger partial charge >= 0.3 is 0 Å². The summed E-state index contributed by atoms with van der Waals surface area (Å²) in [6.07, 6.45) is 0.497. The van der Waals surface area contributed by atoms with Gasteiger partial charge in [-0.1, -0.05) is 19.1 Å². The van der Waals surface area contributed by atoms with Crippen LogP contribution in [0.4, 0.5) is 0 Å². The van der Waals surface area contributed by atoms with Gasteiger partial charge in [-0.05, 0) is 37.0 Å². The van der Waals surface area contributed by atoms with E-state index in [0.717, 1.165) is 22.4 Å². The number of hydrogen-bond acceptors (Lipinski definition) is 4. The molecule has 1 aromatic rings. The Morgan fingerprint density at radius 2 is 1.79 bits per heavy atom. The van der Waals surface area contributed by atoms with Crippen molar-refractivity contribution < 1.29 is 18.3 Å². The molecule has 0 heterocycles. The SMILES string of the molecule is CCS(=O)(=O)CCCOc1c(C)cc(CO)cc1C. The number of rotatable bonds is 7. The third-order valence-corrected chi connectivity index (χ3v) is 4.78. The van der Waals surface area contributed by atoms with Crippen LogP contribution in [0.1, 0.15) is 30.0 Å². The highest BCUT2D eigenvalue weighted by atomic mass is 32.2. The zero-order valence-corrected chi connectivity index (χ0v) is 12.6. The fourth-order valence-corrected chi connectivity index (χ4v) is 2.80. The molecule has 0 aliphatic heterocycles. The van der Waals surface area contributed by atoms with Crippen LogP contribution in [0.25, 0.3) is 0 Å². The molecule has 0 bridgehead atoms. The minimum atomic E-state index is -2.92. The molecule has 0 radical (unpaired) electrons. The van der Waals surface area contributed by atoms with Crippen LogP contribution in [0.5, 0.6) is 5.75 Å². The van der Waals surface area contributed by atoms with E-state index in [-0.39, 0.29) is 18.1 Å². The van der Waals surface area contributed by atoms with E-state index in [2.05, 4.69) is 0 Å². The lowest BCUT2D eigenvalue weighted by molar-refractivity contribution is 0.280. The van der Waals surface area contributed by atoms with Crippen molar-refractivity contribution in [1.29, 1.82) is 0 Å². The second-order valence-electron chi connectivity index (χ2n) is 4.66. The summed E-state index contributed by atoms with van der Waals surface area (Å²) in [6.45, 7) is 5.89. The lowest BCUT2D eigenvalue weighted by Gasteiger charge is -2.13. The molecule has 0 aromatic heterocycles. The monoisotopic (exact) mass is 286 g/mol. The van der Waals surface area contributed by atoms with Gasteiger partial charge in [0.1, 0.15) is 15.6 Å². The summed E-state index contributed by atoms with van der Waals surface area (Å²) in [5.41, 5.74) is 2.78. The first-order valence-corrected chi connectivity index (χ1v) is 8.26. The van der Waals surface area contributed by atoms with E-state index in [1.54, 1.807) is 6.92 Å². The molecule has 0 unspecified atom stereocenters. The van der Waals surface area contributed by atoms with Crippen LogP contribution < -0.4 is 4.74 Å². The van der Waals surface area contributed by atoms with E-state index in [9.17, 15) is 8.42 Å². The first kappa shape index (κ1) is 16.0. The van der Waals surface area contributed by atoms with Gasteiger partial charge in [-0.2, -0.15) is 0 Å². The summed E-state index contributed by atoms with van der Waals surface area (Å²) < 4.78 is 28.4. The summed E-state index contributed by atoms with van der Waals surface area (Å²) >= 11 is 0. The molecule has 0 aliphatic carbocycles. The number of aliphatic hydroxyl groups excluding tert-OH is 1. The van der Waals surface area contributed by atoms with Crippen LogP contribution in [-0.2, 0) is 16.4 Å². The van der Waals surface area contributed by atoms with Crippen molar-refractivity contribution in [2.45, 2.75) is 33.8 Å². The lowest BCUT2D eigenvalue weighted by atomic mass is 10.1. The highest BCUT2D eigenvalue weighted by Crippen LogP contribution is 2.25. The third-order valence-electron chi connectivity index (χ3n) is 2.99. The van der Waals surface area contributed by atoms with Crippen LogP contribution in [-0.4, -0.2) is 31.6 Å². The van der Waals surface area contributed by atoms with Crippen molar-refractivity contribution in [2.75, 3.05) is 18.1 Å². The van der Waals surface area contributed by atoms with Gasteiger partial charge in [0.05, 0.1) is 19.0 Å². The minimum absolute atomic E-state index is 0.0106. The molecular formula is C14H22O4S. The molecule has 0 spiro atoms. The Balaban J connectivity index is 2.59. The van der Waals surface area contributed by atoms with Crippen molar-refractivity contribution in [2.24, 2.45) is 0 Å². The fourth-order valence-electron chi connectivity index (χ4n) is 1.96. The Labute approximate surface area is 115 Å². The number of sulfone groups is 1. The van der Waals surface area contributed by atoms with Gasteiger partial charge < -0.3 is 9.84 Å². The van der Waals surface area contributed by atoms with E-state index in [0.29, 0.717) is 13.0 Å². The maximum atomic E-state index is 11.3. The summed E-state index contributed by atoms with van der Waals surface area (Å²) in [5, 5.41) is 9.10. The lowest BCUT2D eigenvalue weighted by Crippen LogP contribution is -2.12. The third kappa shape index (κ3) is 4.84. The summed E-state index contributed by atoms with van der Waals surface area (Å²) in [5.74, 6) is 1.12. The summed E-state index contributed by atoms with van der Waals surface area (Å²) in [4.78, 5) is 0. The van der Waals surface area contributed by atoms with Gasteiger partial charge in [-0.3, -0.25) is 0 Å². The average Bonchev–Trinajstić information content (AvgIpc) is 2.36. The second kappa shape index (κ2) is 6.91. The summed E-state index contributed by atoms with van der Waals surface area (Å²) in [7, 11) is -2.92. The quantitative estimate of drug-likeness (QED) is 0.779. The number of aliphatic hydroxyl groups is 1. The van der Waals surface area contributed by atoms with Gasteiger partial charge in [-0.15, -0.1) is 0 Å². The largest absolute Gasteiger partial charge is 0.493 e. The summed E-state index contributed by atoms with van der Waals surface area (Å²) in [6, 6.07) is 3.76. The normalized spacial score (nSPS) is 11.6. The zero-order chi connectivity index (χ0) is 14.5. The van der Waals surface area contributed by atoms with Crippen LogP contribution >= 0.6 is 0 Å². The molecule has 0 saturated heterocycles. The first-order chi connectivity index (χ1) is 8.89. The Bertz CT molecular complexity index is 497. The fraction of sp³-hybridized carbons (Fsp3) is 0.571. The number of hydrogen-bond donors (Lipinski definition) is 1. The minimum Gasteiger partial charge on any atom is -0.493 e. The predicted molar refractivity (Wildman–Crippen MR) is 76.3 cm³/mol. The molecule has 0 aliphatic rings. The Morgan fingerprint density at radius 1 is 1.21 bits per heavy atom. The molecule has 5 heteroatoms. The Kier molecular flexibility index (Phi) is 5.82. The van der Waals surface area contributed by atoms with Gasteiger partial charge in [-0.25, -0.2) is 8.42 Å². The highest BCUT2D eigenvalue weighted by molar-refractivity contribution is 7.91. The predicted octanol–water partition coefficient (Wildman–Crippen LogP) is 2.00. The standard InChI is InChI=1S/C14H22O4S/c1-4-19(16,17)7-5-6-18-14-11(2)8-13(10-15)9-12(14)3/h8-9,15H,4-7,10H2,1-3H3. The van der Waals surface area contributed by atoms with E-state index < -0.39 is 9.84 Å². The molecule has 1 aromatic carbocycles. The molecule has 1 N–H and O–H groups in total. The van der Waals surface area contributed by atoms with Gasteiger partial charge in [0.15, 0.2) is 0 Å². The van der Waals surface area contributed by atoms with E-state index in [1.807, 2.05) is 26.0 Å². The number of benzene rings is 1. The number of ether oxygens (including phenoxy) is 1. The maximum Gasteiger partial charge on any atom is 0.150 e. The van der Waals surface area contributed by atoms with Crippen molar-refractivity contribution in [3.8, 4) is 5.75 Å². The van der Waals surface area contributed by atoms with Crippen molar-refractivity contribution in [3.05, 3.63) is 28.8 Å². The van der Waals surface area contributed by atoms with E-state index in [4.69, 9.17) is 9.84 Å². The molecule has 108 valence electrons. The highest BCUT2D eigenvalue weighted by Gasteiger charge is 2.09. The van der Waals surface area contributed by atoms with Crippen molar-refractivity contribution in [3.63, 3.8) is 0 Å². The molecule has 0 saturated carbocycles. The second-order valence-corrected chi connectivity index (χ2v) is 7.13. The molecule has 0 atom stereocenters. The van der Waals surface area contributed by atoms with Gasteiger partial charge in [0.25, 0.3) is 0 Å². The van der Waals surface area contributed by atoms with Gasteiger partial charge in [0, 0.05) is 5.75 Å². The van der Waals surface area contributed by atoms with Crippen molar-refractivity contribution in [1.82, 2.24) is 0 Å². The van der Waals surface area contributed by atoms with Crippen LogP contribution in [0.15, 0.2) is 12.1 Å². The van der Waals surface area contributed by atoms with E-state index >= 15 is 0 Å². The number of aryl methyl sites for hydroxylation is 2. The average molecular weight is 286 g/mol. The molecular weight excluding hydrogens is 264 g/mol. The van der Waals surface area contributed by atoms with Crippen LogP contribution in [0.2, 0.25) is 0 Å². The zero-order valence-electron chi connectivity index (χ0n) is 11.8. The Morgan fingerprint density at radius 3 is 2.26 bits per heavy atom. The maximum absolute atomic E-state index is 11.3. The smallest absolute Gasteiger partial charge is 0.150 e. The molecule has 19 heavy (non-hydrogen) atoms. The molecule has 0 amide bonds. The Hall–Kier alpha value is -1.07.